The molecule has 7 heteroatoms. The Morgan fingerprint density at radius 3 is 2.69 bits per heavy atom. The van der Waals surface area contributed by atoms with Crippen molar-refractivity contribution in [2.24, 2.45) is 0 Å². The Hall–Kier alpha value is -3.90. The first-order valence-electron chi connectivity index (χ1n) is 11.4. The maximum atomic E-state index is 13.3. The van der Waals surface area contributed by atoms with Gasteiger partial charge in [0.05, 0.1) is 29.6 Å². The number of fused-ring (bicyclic) bond motifs is 2. The van der Waals surface area contributed by atoms with Crippen molar-refractivity contribution in [2.75, 3.05) is 6.61 Å². The van der Waals surface area contributed by atoms with Gasteiger partial charge in [0, 0.05) is 10.4 Å². The summed E-state index contributed by atoms with van der Waals surface area (Å²) in [5.74, 6) is -0.301. The van der Waals surface area contributed by atoms with Crippen LogP contribution >= 0.6 is 11.6 Å². The van der Waals surface area contributed by atoms with E-state index in [-0.39, 0.29) is 13.2 Å². The topological polar surface area (TPSA) is 81.4 Å². The van der Waals surface area contributed by atoms with Crippen LogP contribution < -0.4 is 5.32 Å². The van der Waals surface area contributed by atoms with Crippen molar-refractivity contribution in [2.45, 2.75) is 25.8 Å². The van der Waals surface area contributed by atoms with Gasteiger partial charge in [0.25, 0.3) is 5.91 Å². The number of para-hydroxylation sites is 1. The number of nitrogens with one attached hydrogen (secondary N) is 1. The minimum Gasteiger partial charge on any atom is -0.467 e. The van der Waals surface area contributed by atoms with Crippen LogP contribution in [0, 0.1) is 0 Å². The fraction of sp³-hybridized carbons (Fsp3) is 0.179. The van der Waals surface area contributed by atoms with Gasteiger partial charge in [0.2, 0.25) is 0 Å². The number of halogens is 1. The molecule has 176 valence electrons. The average molecular weight is 487 g/mol. The van der Waals surface area contributed by atoms with E-state index in [0.29, 0.717) is 28.3 Å². The van der Waals surface area contributed by atoms with Gasteiger partial charge in [-0.1, -0.05) is 41.9 Å². The molecular weight excluding hydrogens is 464 g/mol. The Balaban J connectivity index is 1.44. The number of hydrogen-bond donors (Lipinski definition) is 1. The molecule has 5 rings (SSSR count). The molecule has 0 aliphatic heterocycles. The lowest BCUT2D eigenvalue weighted by Gasteiger charge is -2.22. The van der Waals surface area contributed by atoms with Crippen molar-refractivity contribution in [3.05, 3.63) is 100 Å². The minimum absolute atomic E-state index is 0.232. The Morgan fingerprint density at radius 2 is 1.89 bits per heavy atom. The first-order valence-corrected chi connectivity index (χ1v) is 11.8. The van der Waals surface area contributed by atoms with Crippen LogP contribution in [0.4, 0.5) is 0 Å². The number of carbonyl (C=O) groups excluding carboxylic acids is 2. The van der Waals surface area contributed by atoms with E-state index in [2.05, 4.69) is 11.4 Å². The van der Waals surface area contributed by atoms with Gasteiger partial charge >= 0.3 is 5.97 Å². The number of nitrogens with zero attached hydrogens (tertiary/aromatic N) is 1. The summed E-state index contributed by atoms with van der Waals surface area (Å²) in [6, 6.07) is 18.6. The second-order valence-corrected chi connectivity index (χ2v) is 8.77. The number of amides is 1. The third-order valence-corrected chi connectivity index (χ3v) is 6.21. The summed E-state index contributed by atoms with van der Waals surface area (Å²) in [6.07, 6.45) is 6.07. The lowest BCUT2D eigenvalue weighted by molar-refractivity contribution is -0.124. The van der Waals surface area contributed by atoms with Crippen LogP contribution in [0.15, 0.2) is 71.3 Å². The predicted octanol–water partition coefficient (Wildman–Crippen LogP) is 5.83. The predicted molar refractivity (Wildman–Crippen MR) is 135 cm³/mol. The molecule has 0 radical (unpaired) electrons. The number of furan rings is 1. The second-order valence-electron chi connectivity index (χ2n) is 8.34. The van der Waals surface area contributed by atoms with E-state index in [1.54, 1.807) is 12.1 Å². The number of pyridine rings is 1. The lowest BCUT2D eigenvalue weighted by Crippen LogP contribution is -2.28. The van der Waals surface area contributed by atoms with Crippen molar-refractivity contribution >= 4 is 46.0 Å². The highest BCUT2D eigenvalue weighted by molar-refractivity contribution is 6.30. The summed E-state index contributed by atoms with van der Waals surface area (Å²) in [5, 5.41) is 4.09. The quantitative estimate of drug-likeness (QED) is 0.347. The molecule has 0 spiro atoms. The van der Waals surface area contributed by atoms with Crippen molar-refractivity contribution in [1.29, 1.82) is 0 Å². The largest absolute Gasteiger partial charge is 0.467 e. The number of carbonyl (C=O) groups is 2. The smallest absolute Gasteiger partial charge is 0.339 e. The summed E-state index contributed by atoms with van der Waals surface area (Å²) in [7, 11) is 0. The highest BCUT2D eigenvalue weighted by Crippen LogP contribution is 2.36. The maximum Gasteiger partial charge on any atom is 0.339 e. The summed E-state index contributed by atoms with van der Waals surface area (Å²) >= 11 is 6.04. The molecule has 2 aromatic heterocycles. The molecule has 0 saturated heterocycles. The lowest BCUT2D eigenvalue weighted by atomic mass is 9.86. The van der Waals surface area contributed by atoms with Gasteiger partial charge in [-0.25, -0.2) is 9.78 Å². The van der Waals surface area contributed by atoms with Gasteiger partial charge in [0.15, 0.2) is 6.61 Å². The van der Waals surface area contributed by atoms with Gasteiger partial charge < -0.3 is 14.5 Å². The molecule has 0 unspecified atom stereocenters. The van der Waals surface area contributed by atoms with E-state index in [4.69, 9.17) is 25.7 Å². The third kappa shape index (κ3) is 5.12. The molecule has 1 aliphatic carbocycles. The van der Waals surface area contributed by atoms with Crippen LogP contribution in [-0.4, -0.2) is 23.5 Å². The Bertz CT molecular complexity index is 1410. The zero-order valence-electron chi connectivity index (χ0n) is 18.9. The van der Waals surface area contributed by atoms with E-state index in [0.717, 1.165) is 40.6 Å². The summed E-state index contributed by atoms with van der Waals surface area (Å²) in [5.41, 5.74) is 4.93. The van der Waals surface area contributed by atoms with Crippen molar-refractivity contribution in [1.82, 2.24) is 10.3 Å². The molecule has 2 heterocycles. The molecule has 1 amide bonds. The van der Waals surface area contributed by atoms with Crippen LogP contribution in [0.5, 0.6) is 0 Å². The molecule has 4 aromatic rings. The highest BCUT2D eigenvalue weighted by atomic mass is 35.5. The third-order valence-electron chi connectivity index (χ3n) is 5.96. The number of hydrogen-bond acceptors (Lipinski definition) is 5. The highest BCUT2D eigenvalue weighted by Gasteiger charge is 2.26. The standard InChI is InChI=1S/C28H23ClN2O4/c29-20-12-10-18(11-13-20)15-19-5-3-8-23-26(22-7-1-2-9-24(22)31-27(19)23)28(33)35-17-25(32)30-16-21-6-4-14-34-21/h1-2,4,6-7,9-15H,3,5,8,16-17H2,(H,30,32). The summed E-state index contributed by atoms with van der Waals surface area (Å²) in [6.45, 7) is -0.145. The van der Waals surface area contributed by atoms with Crippen molar-refractivity contribution < 1.29 is 18.7 Å². The molecule has 0 fully saturated rings. The van der Waals surface area contributed by atoms with E-state index in [1.165, 1.54) is 6.26 Å². The molecule has 35 heavy (non-hydrogen) atoms. The molecule has 1 aliphatic rings. The van der Waals surface area contributed by atoms with E-state index in [9.17, 15) is 9.59 Å². The molecule has 0 atom stereocenters. The SMILES string of the molecule is O=C(COC(=O)c1c2c(nc3ccccc13)C(=Cc1ccc(Cl)cc1)CCC2)NCc1ccco1. The Kier molecular flexibility index (Phi) is 6.64. The number of rotatable bonds is 6. The molecule has 2 aromatic carbocycles. The molecule has 6 nitrogen and oxygen atoms in total. The van der Waals surface area contributed by atoms with Crippen LogP contribution in [-0.2, 0) is 22.5 Å². The number of esters is 1. The second kappa shape index (κ2) is 10.2. The Morgan fingerprint density at radius 1 is 1.06 bits per heavy atom. The van der Waals surface area contributed by atoms with Gasteiger partial charge in [-0.15, -0.1) is 0 Å². The molecule has 0 saturated carbocycles. The number of allylic oxidation sites excluding steroid dienone is 1. The Labute approximate surface area is 207 Å². The maximum absolute atomic E-state index is 13.3. The van der Waals surface area contributed by atoms with Gasteiger partial charge in [-0.05, 0) is 72.4 Å². The number of benzene rings is 2. The first kappa shape index (κ1) is 22.9. The normalized spacial score (nSPS) is 14.0. The fourth-order valence-electron chi connectivity index (χ4n) is 4.32. The number of ether oxygens (including phenoxy) is 1. The zero-order valence-corrected chi connectivity index (χ0v) is 19.7. The van der Waals surface area contributed by atoms with Crippen molar-refractivity contribution in [3.63, 3.8) is 0 Å². The van der Waals surface area contributed by atoms with Crippen LogP contribution in [0.2, 0.25) is 5.02 Å². The van der Waals surface area contributed by atoms with E-state index >= 15 is 0 Å². The number of aromatic nitrogens is 1. The van der Waals surface area contributed by atoms with Gasteiger partial charge in [0.1, 0.15) is 5.76 Å². The first-order chi connectivity index (χ1) is 17.1. The van der Waals surface area contributed by atoms with Gasteiger partial charge in [-0.3, -0.25) is 4.79 Å². The van der Waals surface area contributed by atoms with E-state index < -0.39 is 11.9 Å². The molecular formula is C28H23ClN2O4. The van der Waals surface area contributed by atoms with Crippen LogP contribution in [0.25, 0.3) is 22.6 Å². The fourth-order valence-corrected chi connectivity index (χ4v) is 4.45. The summed E-state index contributed by atoms with van der Waals surface area (Å²) in [4.78, 5) is 30.4. The van der Waals surface area contributed by atoms with Crippen LogP contribution in [0.3, 0.4) is 0 Å². The zero-order chi connectivity index (χ0) is 24.2. The van der Waals surface area contributed by atoms with Crippen molar-refractivity contribution in [3.8, 4) is 0 Å². The molecule has 0 bridgehead atoms. The summed E-state index contributed by atoms with van der Waals surface area (Å²) < 4.78 is 10.7. The van der Waals surface area contributed by atoms with Crippen LogP contribution in [0.1, 0.15) is 45.8 Å². The minimum atomic E-state index is -0.527. The molecule has 1 N–H and O–H groups in total. The average Bonchev–Trinajstić information content (AvgIpc) is 3.40. The van der Waals surface area contributed by atoms with Gasteiger partial charge in [-0.2, -0.15) is 0 Å². The monoisotopic (exact) mass is 486 g/mol. The van der Waals surface area contributed by atoms with E-state index in [1.807, 2.05) is 48.5 Å².